The van der Waals surface area contributed by atoms with Crippen molar-refractivity contribution in [1.29, 1.82) is 0 Å². The van der Waals surface area contributed by atoms with Crippen molar-refractivity contribution in [3.05, 3.63) is 363 Å². The molecule has 17 heteroatoms. The van der Waals surface area contributed by atoms with E-state index in [0.717, 1.165) is 155 Å². The number of ketones is 1. The molecule has 19 rings (SSSR count). The van der Waals surface area contributed by atoms with Crippen molar-refractivity contribution in [1.82, 2.24) is 0 Å². The van der Waals surface area contributed by atoms with Gasteiger partial charge in [0, 0.05) is 149 Å². The molecule has 0 spiro atoms. The van der Waals surface area contributed by atoms with Crippen LogP contribution in [-0.4, -0.2) is 55.8 Å². The molecule has 0 bridgehead atoms. The van der Waals surface area contributed by atoms with E-state index in [1.807, 2.05) is 23.5 Å². The van der Waals surface area contributed by atoms with E-state index in [4.69, 9.17) is 0 Å². The van der Waals surface area contributed by atoms with Crippen LogP contribution < -0.4 is 29.4 Å². The monoisotopic (exact) mass is 1760 g/mol. The van der Waals surface area contributed by atoms with Crippen LogP contribution in [0, 0.1) is 0 Å². The predicted molar refractivity (Wildman–Crippen MR) is 537 cm³/mol. The molecule has 0 atom stereocenters. The van der Waals surface area contributed by atoms with Gasteiger partial charge in [-0.25, -0.2) is 0 Å². The van der Waals surface area contributed by atoms with Crippen molar-refractivity contribution in [2.24, 2.45) is 0 Å². The third-order valence-corrected chi connectivity index (χ3v) is 30.7. The number of nitrogens with zero attached hydrogens (tertiary/aromatic N) is 6. The smallest absolute Gasteiger partial charge is 0.194 e. The molecule has 2 heterocycles. The fraction of sp³-hybridized carbons (Fsp3) is 0.0762. The van der Waals surface area contributed by atoms with Gasteiger partial charge >= 0.3 is 0 Å². The van der Waals surface area contributed by atoms with E-state index in [-0.39, 0.29) is 5.78 Å². The number of thioether (sulfide) groups is 8. The third-order valence-electron chi connectivity index (χ3n) is 22.6. The summed E-state index contributed by atoms with van der Waals surface area (Å²) in [5.41, 5.74) is 26.7. The van der Waals surface area contributed by atoms with Gasteiger partial charge in [0.25, 0.3) is 0 Å². The van der Waals surface area contributed by atoms with Crippen LogP contribution in [0.25, 0.3) is 33.4 Å². The minimum Gasteiger partial charge on any atom is -0.310 e. The molecule has 0 radical (unpaired) electrons. The molecule has 122 heavy (non-hydrogen) atoms. The molecular weight excluding hydrogens is 1680 g/mol. The van der Waals surface area contributed by atoms with E-state index >= 15 is 4.79 Å². The van der Waals surface area contributed by atoms with Crippen molar-refractivity contribution in [2.45, 2.75) is 58.7 Å². The van der Waals surface area contributed by atoms with E-state index in [9.17, 15) is 0 Å². The molecule has 16 aromatic carbocycles. The van der Waals surface area contributed by atoms with Crippen LogP contribution in [0.15, 0.2) is 411 Å². The lowest BCUT2D eigenvalue weighted by Gasteiger charge is -2.35. The van der Waals surface area contributed by atoms with Crippen LogP contribution in [0.4, 0.5) is 102 Å². The first-order valence-corrected chi connectivity index (χ1v) is 51.3. The summed E-state index contributed by atoms with van der Waals surface area (Å²) in [6.45, 7) is 0. The maximum Gasteiger partial charge on any atom is 0.194 e. The second kappa shape index (κ2) is 35.7. The van der Waals surface area contributed by atoms with Crippen LogP contribution in [0.1, 0.15) is 15.9 Å². The van der Waals surface area contributed by atoms with Crippen LogP contribution in [0.5, 0.6) is 0 Å². The van der Waals surface area contributed by atoms with Gasteiger partial charge in [-0.05, 0) is 387 Å². The standard InChI is InChI=1S/C105H82N6OS10/c1-113-85-39-19-71(20-40-85)106(72-21-41-86(114-2)42-22-72)81-35-57-97-101(63-81)121-102-64-82(107(73-23-43-87(115-3)44-24-73)74-25-45-88(116-4)46-26-74)36-58-98(102)110(97)79-15-9-67(10-16-79)69-13-55-93-94-56-14-70(62-96(94)105(112)95(93)61-69)68-11-17-80(18-12-68)111-99-59-37-83(108(75-27-47-89(117-5)48-28-75)76-29-49-90(118-6)50-30-76)65-103(99)122-104-66-84(38-60-100(104)111)109(77-31-51-91(119-7)52-32-77)78-33-53-92(120-8)54-34-78/h9-66H,1-8H3. The maximum atomic E-state index is 15.1. The first-order valence-electron chi connectivity index (χ1n) is 39.8. The topological polar surface area (TPSA) is 36.5 Å². The number of fused-ring (bicyclic) bond motifs is 7. The summed E-state index contributed by atoms with van der Waals surface area (Å²) in [6, 6.07) is 129. The van der Waals surface area contributed by atoms with Gasteiger partial charge < -0.3 is 29.4 Å². The SMILES string of the molecule is CSc1ccc(N(c2ccc(SC)cc2)c2ccc3c(c2)Sc2cc(N(c4ccc(SC)cc4)c4ccc(SC)cc4)ccc2N3c2ccc(-c3ccc4c(c3)C(=O)c3cc(-c5ccc(N6c7ccc(N(c8ccc(SC)cc8)c8ccc(SC)cc8)cc7Sc7cc(N(c8ccc(SC)cc8)c8ccc(SC)cc8)ccc76)cc5)ccc3-4)cc2)cc1. The summed E-state index contributed by atoms with van der Waals surface area (Å²) in [7, 11) is 0. The molecule has 598 valence electrons. The molecule has 7 nitrogen and oxygen atoms in total. The molecule has 0 N–H and O–H groups in total. The highest BCUT2D eigenvalue weighted by Gasteiger charge is 2.33. The van der Waals surface area contributed by atoms with Gasteiger partial charge in [0.05, 0.1) is 22.7 Å². The number of anilines is 18. The maximum absolute atomic E-state index is 15.1. The minimum atomic E-state index is 0.0301. The Bertz CT molecular complexity index is 5680. The average Bonchev–Trinajstić information content (AvgIpc) is 1.42. The molecular formula is C105H82N6OS10. The van der Waals surface area contributed by atoms with Gasteiger partial charge in [-0.2, -0.15) is 0 Å². The highest BCUT2D eigenvalue weighted by atomic mass is 32.2. The number of hydrogen-bond donors (Lipinski definition) is 0. The summed E-state index contributed by atoms with van der Waals surface area (Å²) < 4.78 is 0. The van der Waals surface area contributed by atoms with Gasteiger partial charge in [0.1, 0.15) is 0 Å². The van der Waals surface area contributed by atoms with Gasteiger partial charge in [-0.3, -0.25) is 4.79 Å². The molecule has 2 aliphatic heterocycles. The second-order valence-electron chi connectivity index (χ2n) is 29.4. The summed E-state index contributed by atoms with van der Waals surface area (Å²) in [6.07, 6.45) is 17.0. The molecule has 0 saturated heterocycles. The average molecular weight is 1760 g/mol. The Labute approximate surface area is 758 Å². The van der Waals surface area contributed by atoms with Crippen molar-refractivity contribution in [3.8, 4) is 33.4 Å². The summed E-state index contributed by atoms with van der Waals surface area (Å²) in [5, 5.41) is 0. The first-order chi connectivity index (χ1) is 59.9. The predicted octanol–water partition coefficient (Wildman–Crippen LogP) is 33.8. The quantitative estimate of drug-likeness (QED) is 0.0538. The molecule has 0 unspecified atom stereocenters. The highest BCUT2D eigenvalue weighted by Crippen LogP contribution is 2.58. The normalized spacial score (nSPS) is 12.3. The summed E-state index contributed by atoms with van der Waals surface area (Å²) in [4.78, 5) is 43.7. The Kier molecular flexibility index (Phi) is 23.8. The zero-order chi connectivity index (χ0) is 83.1. The second-order valence-corrected chi connectivity index (χ2v) is 38.6. The number of benzene rings is 16. The number of carbonyl (C=O) groups is 1. The molecule has 3 aliphatic rings. The fourth-order valence-corrected chi connectivity index (χ4v) is 21.9. The zero-order valence-corrected chi connectivity index (χ0v) is 76.3. The van der Waals surface area contributed by atoms with Gasteiger partial charge in [-0.15, -0.1) is 94.1 Å². The van der Waals surface area contributed by atoms with Gasteiger partial charge in [0.2, 0.25) is 0 Å². The van der Waals surface area contributed by atoms with E-state index in [1.165, 1.54) is 39.2 Å². The minimum absolute atomic E-state index is 0.0301. The van der Waals surface area contributed by atoms with Crippen molar-refractivity contribution in [3.63, 3.8) is 0 Å². The zero-order valence-electron chi connectivity index (χ0n) is 68.2. The summed E-state index contributed by atoms with van der Waals surface area (Å²) >= 11 is 17.6. The first kappa shape index (κ1) is 81.2. The Hall–Kier alpha value is -10.5. The van der Waals surface area contributed by atoms with Crippen LogP contribution in [0.3, 0.4) is 0 Å². The largest absolute Gasteiger partial charge is 0.310 e. The number of rotatable bonds is 24. The van der Waals surface area contributed by atoms with E-state index in [2.05, 4.69) is 431 Å². The molecule has 0 aromatic heterocycles. The lowest BCUT2D eigenvalue weighted by molar-refractivity contribution is 0.104. The Morgan fingerprint density at radius 1 is 0.197 bits per heavy atom. The van der Waals surface area contributed by atoms with Crippen LogP contribution in [-0.2, 0) is 0 Å². The van der Waals surface area contributed by atoms with Crippen molar-refractivity contribution >= 4 is 226 Å². The van der Waals surface area contributed by atoms with E-state index < -0.39 is 0 Å². The molecule has 0 saturated carbocycles. The Balaban J connectivity index is 0.644. The van der Waals surface area contributed by atoms with Crippen LogP contribution in [0.2, 0.25) is 0 Å². The highest BCUT2D eigenvalue weighted by molar-refractivity contribution is 8.01. The molecule has 0 amide bonds. The molecule has 1 aliphatic carbocycles. The van der Waals surface area contributed by atoms with Crippen molar-refractivity contribution in [2.75, 3.05) is 79.4 Å². The Morgan fingerprint density at radius 3 is 0.582 bits per heavy atom. The summed E-state index contributed by atoms with van der Waals surface area (Å²) in [5.74, 6) is 0.0301. The number of carbonyl (C=O) groups excluding carboxylic acids is 1. The van der Waals surface area contributed by atoms with Gasteiger partial charge in [-0.1, -0.05) is 72.1 Å². The molecule has 16 aromatic rings. The Morgan fingerprint density at radius 2 is 0.385 bits per heavy atom. The van der Waals surface area contributed by atoms with E-state index in [0.29, 0.717) is 11.1 Å². The van der Waals surface area contributed by atoms with Crippen LogP contribution >= 0.6 is 118 Å². The molecule has 0 fully saturated rings. The third kappa shape index (κ3) is 16.0. The van der Waals surface area contributed by atoms with Crippen molar-refractivity contribution < 1.29 is 4.79 Å². The van der Waals surface area contributed by atoms with Gasteiger partial charge in [0.15, 0.2) is 5.78 Å². The van der Waals surface area contributed by atoms with E-state index in [1.54, 1.807) is 94.1 Å². The fourth-order valence-electron chi connectivity index (χ4n) is 16.4. The number of hydrogen-bond acceptors (Lipinski definition) is 17. The lowest BCUT2D eigenvalue weighted by Crippen LogP contribution is -2.17. The lowest BCUT2D eigenvalue weighted by atomic mass is 9.97.